The average Bonchev–Trinajstić information content (AvgIpc) is 2.90. The zero-order chi connectivity index (χ0) is 14.5. The molecule has 0 aliphatic carbocycles. The lowest BCUT2D eigenvalue weighted by Gasteiger charge is -2.28. The third-order valence-electron chi connectivity index (χ3n) is 4.25. The van der Waals surface area contributed by atoms with Gasteiger partial charge in [-0.05, 0) is 36.6 Å². The van der Waals surface area contributed by atoms with E-state index in [-0.39, 0.29) is 0 Å². The first kappa shape index (κ1) is 15.7. The van der Waals surface area contributed by atoms with Gasteiger partial charge in [0.2, 0.25) is 0 Å². The van der Waals surface area contributed by atoms with Crippen molar-refractivity contribution in [3.05, 3.63) is 28.3 Å². The van der Waals surface area contributed by atoms with Gasteiger partial charge in [0, 0.05) is 23.0 Å². The Hall–Kier alpha value is -0.730. The van der Waals surface area contributed by atoms with Crippen LogP contribution in [0, 0.1) is 5.92 Å². The summed E-state index contributed by atoms with van der Waals surface area (Å²) in [7, 11) is 0. The van der Waals surface area contributed by atoms with E-state index in [0.29, 0.717) is 12.0 Å². The van der Waals surface area contributed by atoms with Crippen molar-refractivity contribution in [2.75, 3.05) is 13.2 Å². The van der Waals surface area contributed by atoms with Crippen LogP contribution in [-0.4, -0.2) is 13.2 Å². The SMILES string of the molecule is CCCNC(c1cc(Cl)cc2c1OCC2)C(CC)CC. The molecule has 3 heteroatoms. The number of halogens is 1. The van der Waals surface area contributed by atoms with Crippen LogP contribution < -0.4 is 10.1 Å². The van der Waals surface area contributed by atoms with Crippen LogP contribution in [0.15, 0.2) is 12.1 Å². The van der Waals surface area contributed by atoms with Gasteiger partial charge in [0.15, 0.2) is 0 Å². The Labute approximate surface area is 127 Å². The summed E-state index contributed by atoms with van der Waals surface area (Å²) >= 11 is 6.31. The van der Waals surface area contributed by atoms with Crippen LogP contribution >= 0.6 is 11.6 Å². The second-order valence-corrected chi connectivity index (χ2v) is 6.03. The van der Waals surface area contributed by atoms with E-state index in [2.05, 4.69) is 38.2 Å². The van der Waals surface area contributed by atoms with E-state index in [1.807, 2.05) is 0 Å². The largest absolute Gasteiger partial charge is 0.493 e. The molecule has 20 heavy (non-hydrogen) atoms. The number of fused-ring (bicyclic) bond motifs is 1. The van der Waals surface area contributed by atoms with Crippen LogP contribution in [0.2, 0.25) is 5.02 Å². The second kappa shape index (κ2) is 7.33. The standard InChI is InChI=1S/C17H26ClNO/c1-4-8-19-16(12(5-2)6-3)15-11-14(18)10-13-7-9-20-17(13)15/h10-12,16,19H,4-9H2,1-3H3. The van der Waals surface area contributed by atoms with Gasteiger partial charge in [0.05, 0.1) is 6.61 Å². The minimum atomic E-state index is 0.343. The average molecular weight is 296 g/mol. The first-order chi connectivity index (χ1) is 9.71. The minimum absolute atomic E-state index is 0.343. The molecular weight excluding hydrogens is 270 g/mol. The lowest BCUT2D eigenvalue weighted by molar-refractivity contribution is 0.314. The van der Waals surface area contributed by atoms with Crippen molar-refractivity contribution in [2.24, 2.45) is 5.92 Å². The van der Waals surface area contributed by atoms with Gasteiger partial charge in [-0.3, -0.25) is 0 Å². The summed E-state index contributed by atoms with van der Waals surface area (Å²) in [6.07, 6.45) is 4.45. The van der Waals surface area contributed by atoms with Gasteiger partial charge < -0.3 is 10.1 Å². The maximum atomic E-state index is 6.31. The lowest BCUT2D eigenvalue weighted by atomic mass is 9.87. The molecule has 1 aliphatic heterocycles. The molecule has 1 N–H and O–H groups in total. The first-order valence-corrected chi connectivity index (χ1v) is 8.27. The number of rotatable bonds is 7. The highest BCUT2D eigenvalue weighted by Gasteiger charge is 2.27. The molecule has 1 aromatic rings. The van der Waals surface area contributed by atoms with Crippen LogP contribution in [-0.2, 0) is 6.42 Å². The molecule has 2 rings (SSSR count). The third kappa shape index (κ3) is 3.29. The fourth-order valence-corrected chi connectivity index (χ4v) is 3.37. The fourth-order valence-electron chi connectivity index (χ4n) is 3.12. The van der Waals surface area contributed by atoms with Gasteiger partial charge in [0.1, 0.15) is 5.75 Å². The molecule has 1 heterocycles. The highest BCUT2D eigenvalue weighted by molar-refractivity contribution is 6.30. The molecular formula is C17H26ClNO. The highest BCUT2D eigenvalue weighted by atomic mass is 35.5. The Morgan fingerprint density at radius 2 is 2.00 bits per heavy atom. The summed E-state index contributed by atoms with van der Waals surface area (Å²) in [4.78, 5) is 0. The molecule has 1 unspecified atom stereocenters. The molecule has 0 spiro atoms. The van der Waals surface area contributed by atoms with E-state index in [1.54, 1.807) is 0 Å². The summed E-state index contributed by atoms with van der Waals surface area (Å²) in [5, 5.41) is 4.54. The Morgan fingerprint density at radius 3 is 2.65 bits per heavy atom. The molecule has 1 aromatic carbocycles. The van der Waals surface area contributed by atoms with Crippen molar-refractivity contribution >= 4 is 11.6 Å². The monoisotopic (exact) mass is 295 g/mol. The van der Waals surface area contributed by atoms with Crippen LogP contribution in [0.25, 0.3) is 0 Å². The number of benzene rings is 1. The number of hydrogen-bond donors (Lipinski definition) is 1. The molecule has 1 aliphatic rings. The van der Waals surface area contributed by atoms with Crippen molar-refractivity contribution in [2.45, 2.75) is 52.5 Å². The molecule has 2 nitrogen and oxygen atoms in total. The van der Waals surface area contributed by atoms with E-state index in [0.717, 1.165) is 36.8 Å². The van der Waals surface area contributed by atoms with E-state index >= 15 is 0 Å². The summed E-state index contributed by atoms with van der Waals surface area (Å²) in [5.41, 5.74) is 2.52. The fraction of sp³-hybridized carbons (Fsp3) is 0.647. The number of hydrogen-bond acceptors (Lipinski definition) is 2. The minimum Gasteiger partial charge on any atom is -0.493 e. The second-order valence-electron chi connectivity index (χ2n) is 5.59. The lowest BCUT2D eigenvalue weighted by Crippen LogP contribution is -2.29. The predicted octanol–water partition coefficient (Wildman–Crippen LogP) is 4.75. The van der Waals surface area contributed by atoms with Crippen molar-refractivity contribution in [3.8, 4) is 5.75 Å². The zero-order valence-corrected chi connectivity index (χ0v) is 13.6. The quantitative estimate of drug-likeness (QED) is 0.783. The summed E-state index contributed by atoms with van der Waals surface area (Å²) in [5.74, 6) is 1.70. The maximum Gasteiger partial charge on any atom is 0.127 e. The Bertz CT molecular complexity index is 443. The molecule has 0 fully saturated rings. The maximum absolute atomic E-state index is 6.31. The molecule has 112 valence electrons. The van der Waals surface area contributed by atoms with Crippen molar-refractivity contribution in [1.29, 1.82) is 0 Å². The van der Waals surface area contributed by atoms with Crippen molar-refractivity contribution in [1.82, 2.24) is 5.32 Å². The van der Waals surface area contributed by atoms with E-state index in [1.165, 1.54) is 24.0 Å². The first-order valence-electron chi connectivity index (χ1n) is 7.89. The van der Waals surface area contributed by atoms with Crippen LogP contribution in [0.5, 0.6) is 5.75 Å². The number of nitrogens with one attached hydrogen (secondary N) is 1. The van der Waals surface area contributed by atoms with Gasteiger partial charge in [-0.2, -0.15) is 0 Å². The Morgan fingerprint density at radius 1 is 1.25 bits per heavy atom. The summed E-state index contributed by atoms with van der Waals surface area (Å²) in [6, 6.07) is 4.49. The molecule has 0 amide bonds. The predicted molar refractivity (Wildman–Crippen MR) is 85.8 cm³/mol. The van der Waals surface area contributed by atoms with Crippen LogP contribution in [0.3, 0.4) is 0 Å². The molecule has 0 saturated carbocycles. The summed E-state index contributed by atoms with van der Waals surface area (Å²) in [6.45, 7) is 8.55. The molecule has 0 saturated heterocycles. The summed E-state index contributed by atoms with van der Waals surface area (Å²) < 4.78 is 5.89. The molecule has 0 bridgehead atoms. The van der Waals surface area contributed by atoms with Gasteiger partial charge >= 0.3 is 0 Å². The molecule has 1 atom stereocenters. The Balaban J connectivity index is 2.37. The van der Waals surface area contributed by atoms with Crippen molar-refractivity contribution in [3.63, 3.8) is 0 Å². The van der Waals surface area contributed by atoms with Gasteiger partial charge in [-0.25, -0.2) is 0 Å². The molecule has 0 radical (unpaired) electrons. The van der Waals surface area contributed by atoms with E-state index < -0.39 is 0 Å². The topological polar surface area (TPSA) is 21.3 Å². The zero-order valence-electron chi connectivity index (χ0n) is 12.8. The Kier molecular flexibility index (Phi) is 5.74. The van der Waals surface area contributed by atoms with E-state index in [9.17, 15) is 0 Å². The highest BCUT2D eigenvalue weighted by Crippen LogP contribution is 2.40. The van der Waals surface area contributed by atoms with Crippen LogP contribution in [0.1, 0.15) is 57.2 Å². The van der Waals surface area contributed by atoms with Gasteiger partial charge in [-0.15, -0.1) is 0 Å². The van der Waals surface area contributed by atoms with Crippen molar-refractivity contribution < 1.29 is 4.74 Å². The van der Waals surface area contributed by atoms with Gasteiger partial charge in [-0.1, -0.05) is 45.2 Å². The third-order valence-corrected chi connectivity index (χ3v) is 4.46. The normalized spacial score (nSPS) is 15.2. The molecule has 0 aromatic heterocycles. The van der Waals surface area contributed by atoms with E-state index in [4.69, 9.17) is 16.3 Å². The number of ether oxygens (including phenoxy) is 1. The van der Waals surface area contributed by atoms with Crippen LogP contribution in [0.4, 0.5) is 0 Å². The smallest absolute Gasteiger partial charge is 0.127 e. The van der Waals surface area contributed by atoms with Gasteiger partial charge in [0.25, 0.3) is 0 Å².